The van der Waals surface area contributed by atoms with Crippen LogP contribution in [0.3, 0.4) is 0 Å². The molecule has 0 aliphatic carbocycles. The average Bonchev–Trinajstić information content (AvgIpc) is 2.77. The number of carbonyl (C=O) groups is 1. The fraction of sp³-hybridized carbons (Fsp3) is 0.400. The Bertz CT molecular complexity index is 632. The zero-order valence-electron chi connectivity index (χ0n) is 11.4. The molecular weight excluding hydrogens is 292 g/mol. The van der Waals surface area contributed by atoms with Gasteiger partial charge in [0.1, 0.15) is 0 Å². The maximum absolute atomic E-state index is 11.3. The summed E-state index contributed by atoms with van der Waals surface area (Å²) in [6.45, 7) is 5.99. The van der Waals surface area contributed by atoms with E-state index in [0.717, 1.165) is 43.1 Å². The van der Waals surface area contributed by atoms with E-state index in [1.807, 2.05) is 17.0 Å². The average molecular weight is 309 g/mol. The summed E-state index contributed by atoms with van der Waals surface area (Å²) in [5.41, 5.74) is 0. The molecule has 0 unspecified atom stereocenters. The Balaban J connectivity index is 1.71. The van der Waals surface area contributed by atoms with Crippen LogP contribution in [-0.4, -0.2) is 41.9 Å². The number of halogens is 1. The number of amides is 1. The highest BCUT2D eigenvalue weighted by Crippen LogP contribution is 2.35. The van der Waals surface area contributed by atoms with Gasteiger partial charge in [-0.1, -0.05) is 29.8 Å². The van der Waals surface area contributed by atoms with Gasteiger partial charge in [-0.3, -0.25) is 9.69 Å². The van der Waals surface area contributed by atoms with Gasteiger partial charge in [-0.05, 0) is 6.07 Å². The molecule has 1 aromatic carbocycles. The highest BCUT2D eigenvalue weighted by atomic mass is 35.5. The van der Waals surface area contributed by atoms with Crippen LogP contribution in [0.15, 0.2) is 24.3 Å². The Morgan fingerprint density at radius 1 is 1.25 bits per heavy atom. The number of hydrogen-bond acceptors (Lipinski definition) is 3. The molecule has 2 aromatic rings. The molecule has 1 aliphatic heterocycles. The van der Waals surface area contributed by atoms with Crippen molar-refractivity contribution in [1.29, 1.82) is 0 Å². The molecule has 1 amide bonds. The fourth-order valence-corrected chi connectivity index (χ4v) is 4.13. The van der Waals surface area contributed by atoms with Crippen molar-refractivity contribution in [3.05, 3.63) is 34.2 Å². The molecule has 1 aromatic heterocycles. The lowest BCUT2D eigenvalue weighted by atomic mass is 10.2. The largest absolute Gasteiger partial charge is 0.340 e. The van der Waals surface area contributed by atoms with E-state index in [0.29, 0.717) is 0 Å². The molecule has 20 heavy (non-hydrogen) atoms. The van der Waals surface area contributed by atoms with Crippen LogP contribution in [0.1, 0.15) is 11.8 Å². The molecule has 3 rings (SSSR count). The lowest BCUT2D eigenvalue weighted by Gasteiger charge is -2.33. The number of fused-ring (bicyclic) bond motifs is 1. The molecule has 106 valence electrons. The Hall–Kier alpha value is -1.10. The lowest BCUT2D eigenvalue weighted by molar-refractivity contribution is -0.130. The molecule has 3 nitrogen and oxygen atoms in total. The van der Waals surface area contributed by atoms with Crippen LogP contribution in [-0.2, 0) is 11.3 Å². The van der Waals surface area contributed by atoms with E-state index >= 15 is 0 Å². The van der Waals surface area contributed by atoms with E-state index < -0.39 is 0 Å². The van der Waals surface area contributed by atoms with Crippen LogP contribution in [0.2, 0.25) is 5.02 Å². The van der Waals surface area contributed by atoms with E-state index in [-0.39, 0.29) is 5.91 Å². The SMILES string of the molecule is CC(=O)N1CCN(Cc2sc3ccccc3c2Cl)CC1. The van der Waals surface area contributed by atoms with Crippen LogP contribution in [0, 0.1) is 0 Å². The minimum absolute atomic E-state index is 0.171. The number of thiophene rings is 1. The molecular formula is C15H17ClN2OS. The van der Waals surface area contributed by atoms with Crippen LogP contribution in [0.4, 0.5) is 0 Å². The number of benzene rings is 1. The first-order valence-electron chi connectivity index (χ1n) is 6.79. The number of carbonyl (C=O) groups excluding carboxylic acids is 1. The molecule has 0 N–H and O–H groups in total. The third-order valence-electron chi connectivity index (χ3n) is 3.79. The van der Waals surface area contributed by atoms with Gasteiger partial charge in [-0.2, -0.15) is 0 Å². The highest BCUT2D eigenvalue weighted by molar-refractivity contribution is 7.19. The molecule has 1 fully saturated rings. The van der Waals surface area contributed by atoms with Crippen molar-refractivity contribution in [2.45, 2.75) is 13.5 Å². The second kappa shape index (κ2) is 5.72. The molecule has 0 atom stereocenters. The van der Waals surface area contributed by atoms with Gasteiger partial charge in [-0.15, -0.1) is 11.3 Å². The van der Waals surface area contributed by atoms with Gasteiger partial charge in [0.05, 0.1) is 5.02 Å². The van der Waals surface area contributed by atoms with Gasteiger partial charge < -0.3 is 4.90 Å². The highest BCUT2D eigenvalue weighted by Gasteiger charge is 2.20. The van der Waals surface area contributed by atoms with Gasteiger partial charge in [0.2, 0.25) is 5.91 Å². The van der Waals surface area contributed by atoms with E-state index in [1.165, 1.54) is 9.58 Å². The number of hydrogen-bond donors (Lipinski definition) is 0. The van der Waals surface area contributed by atoms with Gasteiger partial charge in [0.25, 0.3) is 0 Å². The van der Waals surface area contributed by atoms with Crippen molar-refractivity contribution in [3.8, 4) is 0 Å². The number of nitrogens with zero attached hydrogens (tertiary/aromatic N) is 2. The predicted molar refractivity (Wildman–Crippen MR) is 84.4 cm³/mol. The summed E-state index contributed by atoms with van der Waals surface area (Å²) in [6.07, 6.45) is 0. The van der Waals surface area contributed by atoms with Crippen molar-refractivity contribution < 1.29 is 4.79 Å². The fourth-order valence-electron chi connectivity index (χ4n) is 2.59. The Labute approximate surface area is 127 Å². The molecule has 0 radical (unpaired) electrons. The maximum Gasteiger partial charge on any atom is 0.219 e. The Morgan fingerprint density at radius 3 is 2.60 bits per heavy atom. The van der Waals surface area contributed by atoms with Crippen molar-refractivity contribution in [2.24, 2.45) is 0 Å². The summed E-state index contributed by atoms with van der Waals surface area (Å²) in [7, 11) is 0. The zero-order chi connectivity index (χ0) is 14.1. The summed E-state index contributed by atoms with van der Waals surface area (Å²) < 4.78 is 1.25. The van der Waals surface area contributed by atoms with Crippen molar-refractivity contribution in [2.75, 3.05) is 26.2 Å². The standard InChI is InChI=1S/C15H17ClN2OS/c1-11(19)18-8-6-17(7-9-18)10-14-15(16)12-4-2-3-5-13(12)20-14/h2-5H,6-10H2,1H3. The Morgan fingerprint density at radius 2 is 1.95 bits per heavy atom. The van der Waals surface area contributed by atoms with Crippen molar-refractivity contribution >= 4 is 38.9 Å². The lowest BCUT2D eigenvalue weighted by Crippen LogP contribution is -2.47. The normalized spacial score (nSPS) is 16.8. The van der Waals surface area contributed by atoms with E-state index in [2.05, 4.69) is 17.0 Å². The summed E-state index contributed by atoms with van der Waals surface area (Å²) in [6, 6.07) is 8.26. The molecule has 1 aliphatic rings. The zero-order valence-corrected chi connectivity index (χ0v) is 13.0. The maximum atomic E-state index is 11.3. The topological polar surface area (TPSA) is 23.6 Å². The van der Waals surface area contributed by atoms with E-state index in [4.69, 9.17) is 11.6 Å². The quantitative estimate of drug-likeness (QED) is 0.850. The van der Waals surface area contributed by atoms with Crippen molar-refractivity contribution in [1.82, 2.24) is 9.80 Å². The molecule has 1 saturated heterocycles. The molecule has 2 heterocycles. The van der Waals surface area contributed by atoms with Crippen LogP contribution >= 0.6 is 22.9 Å². The second-order valence-corrected chi connectivity index (χ2v) is 6.63. The first-order chi connectivity index (χ1) is 9.65. The van der Waals surface area contributed by atoms with Crippen molar-refractivity contribution in [3.63, 3.8) is 0 Å². The minimum atomic E-state index is 0.171. The smallest absolute Gasteiger partial charge is 0.219 e. The summed E-state index contributed by atoms with van der Waals surface area (Å²) in [4.78, 5) is 16.8. The number of piperazine rings is 1. The first-order valence-corrected chi connectivity index (χ1v) is 7.98. The monoisotopic (exact) mass is 308 g/mol. The molecule has 0 bridgehead atoms. The van der Waals surface area contributed by atoms with Crippen LogP contribution in [0.5, 0.6) is 0 Å². The molecule has 0 saturated carbocycles. The van der Waals surface area contributed by atoms with Gasteiger partial charge in [-0.25, -0.2) is 0 Å². The summed E-state index contributed by atoms with van der Waals surface area (Å²) in [5, 5.41) is 2.04. The predicted octanol–water partition coefficient (Wildman–Crippen LogP) is 3.22. The number of rotatable bonds is 2. The first kappa shape index (κ1) is 13.9. The van der Waals surface area contributed by atoms with E-state index in [1.54, 1.807) is 18.3 Å². The van der Waals surface area contributed by atoms with Crippen LogP contribution in [0.25, 0.3) is 10.1 Å². The Kier molecular flexibility index (Phi) is 3.96. The third-order valence-corrected chi connectivity index (χ3v) is 5.49. The van der Waals surface area contributed by atoms with Gasteiger partial charge in [0.15, 0.2) is 0 Å². The summed E-state index contributed by atoms with van der Waals surface area (Å²) >= 11 is 8.25. The minimum Gasteiger partial charge on any atom is -0.340 e. The second-order valence-electron chi connectivity index (χ2n) is 5.12. The van der Waals surface area contributed by atoms with E-state index in [9.17, 15) is 4.79 Å². The third kappa shape index (κ3) is 2.68. The van der Waals surface area contributed by atoms with Crippen LogP contribution < -0.4 is 0 Å². The van der Waals surface area contributed by atoms with Gasteiger partial charge >= 0.3 is 0 Å². The molecule has 5 heteroatoms. The van der Waals surface area contributed by atoms with Gasteiger partial charge in [0, 0.05) is 54.6 Å². The molecule has 0 spiro atoms. The summed E-state index contributed by atoms with van der Waals surface area (Å²) in [5.74, 6) is 0.171.